The average molecular weight is 310 g/mol. The summed E-state index contributed by atoms with van der Waals surface area (Å²) in [5.41, 5.74) is 4.48. The Labute approximate surface area is 139 Å². The van der Waals surface area contributed by atoms with Crippen LogP contribution in [0.5, 0.6) is 0 Å². The molecule has 0 aliphatic rings. The molecule has 0 saturated heterocycles. The Morgan fingerprint density at radius 2 is 1.87 bits per heavy atom. The van der Waals surface area contributed by atoms with E-state index in [0.29, 0.717) is 6.54 Å². The van der Waals surface area contributed by atoms with Gasteiger partial charge in [-0.25, -0.2) is 0 Å². The molecule has 0 atom stereocenters. The zero-order valence-electron chi connectivity index (χ0n) is 14.3. The number of para-hydroxylation sites is 1. The molecule has 0 aliphatic carbocycles. The smallest absolute Gasteiger partial charge is 0.238 e. The molecule has 0 aromatic heterocycles. The quantitative estimate of drug-likeness (QED) is 0.833. The number of hydrogen-bond donors (Lipinski definition) is 1. The Hall–Kier alpha value is -2.13. The van der Waals surface area contributed by atoms with E-state index in [9.17, 15) is 4.79 Å². The van der Waals surface area contributed by atoms with Crippen LogP contribution in [0.2, 0.25) is 0 Å². The molecule has 23 heavy (non-hydrogen) atoms. The molecule has 122 valence electrons. The van der Waals surface area contributed by atoms with Crippen LogP contribution in [0.4, 0.5) is 5.69 Å². The van der Waals surface area contributed by atoms with Crippen molar-refractivity contribution in [2.24, 2.45) is 0 Å². The molecule has 0 spiro atoms. The van der Waals surface area contributed by atoms with Gasteiger partial charge >= 0.3 is 0 Å². The summed E-state index contributed by atoms with van der Waals surface area (Å²) in [7, 11) is 0. The van der Waals surface area contributed by atoms with Crippen LogP contribution in [-0.2, 0) is 11.3 Å². The van der Waals surface area contributed by atoms with Crippen LogP contribution in [0.3, 0.4) is 0 Å². The second-order valence-corrected chi connectivity index (χ2v) is 6.06. The first-order valence-corrected chi connectivity index (χ1v) is 8.22. The number of carbonyl (C=O) groups excluding carboxylic acids is 1. The molecular formula is C20H26N2O. The average Bonchev–Trinajstić information content (AvgIpc) is 2.50. The highest BCUT2D eigenvalue weighted by molar-refractivity contribution is 5.92. The van der Waals surface area contributed by atoms with Crippen LogP contribution >= 0.6 is 0 Å². The molecule has 3 heteroatoms. The number of benzene rings is 2. The van der Waals surface area contributed by atoms with Gasteiger partial charge in [0.2, 0.25) is 5.91 Å². The second-order valence-electron chi connectivity index (χ2n) is 6.06. The highest BCUT2D eigenvalue weighted by Crippen LogP contribution is 2.13. The third-order valence-corrected chi connectivity index (χ3v) is 3.81. The molecule has 0 fully saturated rings. The molecule has 0 saturated carbocycles. The first-order valence-electron chi connectivity index (χ1n) is 8.22. The maximum absolute atomic E-state index is 12.4. The summed E-state index contributed by atoms with van der Waals surface area (Å²) in [6.07, 6.45) is 1.03. The number of nitrogens with zero attached hydrogens (tertiary/aromatic N) is 1. The van der Waals surface area contributed by atoms with E-state index in [1.807, 2.05) is 31.2 Å². The van der Waals surface area contributed by atoms with E-state index in [1.165, 1.54) is 11.1 Å². The van der Waals surface area contributed by atoms with Crippen molar-refractivity contribution < 1.29 is 4.79 Å². The summed E-state index contributed by atoms with van der Waals surface area (Å²) < 4.78 is 0. The van der Waals surface area contributed by atoms with Gasteiger partial charge in [0.05, 0.1) is 6.54 Å². The molecule has 0 unspecified atom stereocenters. The van der Waals surface area contributed by atoms with Crippen molar-refractivity contribution in [2.45, 2.75) is 33.7 Å². The van der Waals surface area contributed by atoms with Gasteiger partial charge in [0.25, 0.3) is 0 Å². The van der Waals surface area contributed by atoms with Crippen LogP contribution < -0.4 is 5.32 Å². The predicted molar refractivity (Wildman–Crippen MR) is 96.6 cm³/mol. The Morgan fingerprint density at radius 3 is 2.57 bits per heavy atom. The van der Waals surface area contributed by atoms with Gasteiger partial charge in [-0.15, -0.1) is 0 Å². The minimum absolute atomic E-state index is 0.0420. The van der Waals surface area contributed by atoms with Crippen LogP contribution in [0, 0.1) is 13.8 Å². The molecule has 1 N–H and O–H groups in total. The maximum atomic E-state index is 12.4. The van der Waals surface area contributed by atoms with Crippen molar-refractivity contribution in [3.8, 4) is 0 Å². The van der Waals surface area contributed by atoms with Gasteiger partial charge in [-0.1, -0.05) is 55.0 Å². The zero-order valence-corrected chi connectivity index (χ0v) is 14.3. The number of rotatable bonds is 7. The number of anilines is 1. The van der Waals surface area contributed by atoms with Crippen molar-refractivity contribution in [1.82, 2.24) is 4.90 Å². The molecule has 1 amide bonds. The molecule has 0 bridgehead atoms. The predicted octanol–water partition coefficient (Wildman–Crippen LogP) is 4.15. The topological polar surface area (TPSA) is 32.3 Å². The van der Waals surface area contributed by atoms with E-state index >= 15 is 0 Å². The third kappa shape index (κ3) is 5.53. The summed E-state index contributed by atoms with van der Waals surface area (Å²) >= 11 is 0. The second kappa shape index (κ2) is 8.49. The van der Waals surface area contributed by atoms with E-state index in [2.05, 4.69) is 48.3 Å². The minimum atomic E-state index is 0.0420. The lowest BCUT2D eigenvalue weighted by molar-refractivity contribution is -0.117. The monoisotopic (exact) mass is 310 g/mol. The Bertz CT molecular complexity index is 652. The number of nitrogens with one attached hydrogen (secondary N) is 1. The van der Waals surface area contributed by atoms with Gasteiger partial charge in [-0.05, 0) is 44.0 Å². The molecule has 2 rings (SSSR count). The molecule has 0 aliphatic heterocycles. The first kappa shape index (κ1) is 17.2. The van der Waals surface area contributed by atoms with E-state index in [1.54, 1.807) is 0 Å². The fourth-order valence-electron chi connectivity index (χ4n) is 2.70. The summed E-state index contributed by atoms with van der Waals surface area (Å²) in [5.74, 6) is 0.0420. The molecule has 0 heterocycles. The fraction of sp³-hybridized carbons (Fsp3) is 0.350. The SMILES string of the molecule is CCCN(CC(=O)Nc1ccccc1C)Cc1cccc(C)c1. The standard InChI is InChI=1S/C20H26N2O/c1-4-12-22(14-18-10-7-8-16(2)13-18)15-20(23)21-19-11-6-5-9-17(19)3/h5-11,13H,4,12,14-15H2,1-3H3,(H,21,23). The van der Waals surface area contributed by atoms with Crippen molar-refractivity contribution in [3.63, 3.8) is 0 Å². The fourth-order valence-corrected chi connectivity index (χ4v) is 2.70. The largest absolute Gasteiger partial charge is 0.325 e. The van der Waals surface area contributed by atoms with E-state index in [-0.39, 0.29) is 5.91 Å². The highest BCUT2D eigenvalue weighted by Gasteiger charge is 2.11. The van der Waals surface area contributed by atoms with Gasteiger partial charge in [0.1, 0.15) is 0 Å². The zero-order chi connectivity index (χ0) is 16.7. The number of carbonyl (C=O) groups is 1. The van der Waals surface area contributed by atoms with Crippen LogP contribution in [0.1, 0.15) is 30.0 Å². The molecule has 0 radical (unpaired) electrons. The summed E-state index contributed by atoms with van der Waals surface area (Å²) in [5, 5.41) is 3.02. The number of amides is 1. The van der Waals surface area contributed by atoms with Crippen LogP contribution in [0.15, 0.2) is 48.5 Å². The molecular weight excluding hydrogens is 284 g/mol. The van der Waals surface area contributed by atoms with Crippen LogP contribution in [-0.4, -0.2) is 23.9 Å². The summed E-state index contributed by atoms with van der Waals surface area (Å²) in [4.78, 5) is 14.6. The Balaban J connectivity index is 1.98. The normalized spacial score (nSPS) is 10.8. The number of aryl methyl sites for hydroxylation is 2. The lowest BCUT2D eigenvalue weighted by Crippen LogP contribution is -2.33. The van der Waals surface area contributed by atoms with E-state index in [4.69, 9.17) is 0 Å². The molecule has 2 aromatic carbocycles. The summed E-state index contributed by atoms with van der Waals surface area (Å²) in [6, 6.07) is 16.3. The van der Waals surface area contributed by atoms with Crippen LogP contribution in [0.25, 0.3) is 0 Å². The highest BCUT2D eigenvalue weighted by atomic mass is 16.2. The number of hydrogen-bond acceptors (Lipinski definition) is 2. The van der Waals surface area contributed by atoms with Gasteiger partial charge in [-0.2, -0.15) is 0 Å². The van der Waals surface area contributed by atoms with Gasteiger partial charge in [-0.3, -0.25) is 9.69 Å². The summed E-state index contributed by atoms with van der Waals surface area (Å²) in [6.45, 7) is 8.37. The lowest BCUT2D eigenvalue weighted by Gasteiger charge is -2.21. The van der Waals surface area contributed by atoms with Crippen molar-refractivity contribution in [3.05, 3.63) is 65.2 Å². The molecule has 2 aromatic rings. The third-order valence-electron chi connectivity index (χ3n) is 3.81. The minimum Gasteiger partial charge on any atom is -0.325 e. The van der Waals surface area contributed by atoms with Gasteiger partial charge in [0.15, 0.2) is 0 Å². The lowest BCUT2D eigenvalue weighted by atomic mass is 10.1. The van der Waals surface area contributed by atoms with Gasteiger partial charge in [0, 0.05) is 12.2 Å². The first-order chi connectivity index (χ1) is 11.1. The van der Waals surface area contributed by atoms with Crippen molar-refractivity contribution >= 4 is 11.6 Å². The molecule has 3 nitrogen and oxygen atoms in total. The van der Waals surface area contributed by atoms with Gasteiger partial charge < -0.3 is 5.32 Å². The van der Waals surface area contributed by atoms with E-state index < -0.39 is 0 Å². The van der Waals surface area contributed by atoms with Crippen molar-refractivity contribution in [1.29, 1.82) is 0 Å². The van der Waals surface area contributed by atoms with E-state index in [0.717, 1.165) is 30.8 Å². The Kier molecular flexibility index (Phi) is 6.36. The Morgan fingerprint density at radius 1 is 1.09 bits per heavy atom. The maximum Gasteiger partial charge on any atom is 0.238 e. The van der Waals surface area contributed by atoms with Crippen molar-refractivity contribution in [2.75, 3.05) is 18.4 Å².